The molecule has 1 aromatic carbocycles. The number of rotatable bonds is 3. The summed E-state index contributed by atoms with van der Waals surface area (Å²) in [7, 11) is 2.18. The normalized spacial score (nSPS) is 29.8. The molecule has 5 heterocycles. The highest BCUT2D eigenvalue weighted by molar-refractivity contribution is 6.31. The zero-order chi connectivity index (χ0) is 27.6. The summed E-state index contributed by atoms with van der Waals surface area (Å²) in [5, 5.41) is 10.6. The van der Waals surface area contributed by atoms with Crippen molar-refractivity contribution in [2.24, 2.45) is 11.8 Å². The van der Waals surface area contributed by atoms with E-state index >= 15 is 0 Å². The molecule has 3 aliphatic rings. The van der Waals surface area contributed by atoms with E-state index in [0.717, 1.165) is 68.6 Å². The van der Waals surface area contributed by atoms with Gasteiger partial charge in [0.2, 0.25) is 0 Å². The maximum atomic E-state index is 13.8. The highest BCUT2D eigenvalue weighted by atomic mass is 35.5. The molecule has 3 N–H and O–H groups in total. The van der Waals surface area contributed by atoms with Crippen molar-refractivity contribution in [1.29, 1.82) is 0 Å². The van der Waals surface area contributed by atoms with Crippen LogP contribution in [0, 0.1) is 11.8 Å². The van der Waals surface area contributed by atoms with Crippen molar-refractivity contribution in [1.82, 2.24) is 35.6 Å². The van der Waals surface area contributed by atoms with Crippen LogP contribution in [0.3, 0.4) is 0 Å². The Morgan fingerprint density at radius 2 is 1.85 bits per heavy atom. The summed E-state index contributed by atoms with van der Waals surface area (Å²) in [6.07, 6.45) is 8.89. The Bertz CT molecular complexity index is 1370. The number of benzene rings is 1. The third-order valence-corrected chi connectivity index (χ3v) is 9.40. The van der Waals surface area contributed by atoms with Crippen LogP contribution in [0.2, 0.25) is 5.02 Å². The van der Waals surface area contributed by atoms with Gasteiger partial charge < -0.3 is 10.6 Å². The fourth-order valence-corrected chi connectivity index (χ4v) is 7.28. The van der Waals surface area contributed by atoms with Gasteiger partial charge in [0, 0.05) is 60.1 Å². The van der Waals surface area contributed by atoms with Gasteiger partial charge in [-0.3, -0.25) is 19.8 Å². The van der Waals surface area contributed by atoms with Crippen molar-refractivity contribution in [3.8, 4) is 22.5 Å². The highest BCUT2D eigenvalue weighted by Crippen LogP contribution is 2.35. The Balaban J connectivity index is 1.33. The van der Waals surface area contributed by atoms with Crippen molar-refractivity contribution in [3.63, 3.8) is 0 Å². The predicted molar refractivity (Wildman–Crippen MR) is 160 cm³/mol. The Hall–Kier alpha value is -2.62. The van der Waals surface area contributed by atoms with Gasteiger partial charge in [-0.25, -0.2) is 9.99 Å². The Morgan fingerprint density at radius 1 is 0.950 bits per heavy atom. The molecule has 0 spiro atoms. The minimum atomic E-state index is -0.0230. The topological polar surface area (TPSA) is 87.1 Å². The fraction of sp³-hybridized carbons (Fsp3) is 0.516. The van der Waals surface area contributed by atoms with Gasteiger partial charge in [-0.2, -0.15) is 0 Å². The number of hydrogen-bond donors (Lipinski definition) is 3. The number of halogens is 1. The number of piperidine rings is 1. The number of nitrogens with one attached hydrogen (secondary N) is 3. The summed E-state index contributed by atoms with van der Waals surface area (Å²) in [6, 6.07) is 14.3. The quantitative estimate of drug-likeness (QED) is 0.443. The predicted octanol–water partition coefficient (Wildman–Crippen LogP) is 4.13. The SMILES string of the molecule is C[C@@H]1CCC[C@H](n2cnc(-c3cc(Cl)ccc3-c3ccccn3)cc2=O)C2CC(CCN2)C2C(CNN2C)NC1. The molecular weight excluding hydrogens is 522 g/mol. The summed E-state index contributed by atoms with van der Waals surface area (Å²) >= 11 is 6.40. The molecule has 8 nitrogen and oxygen atoms in total. The molecule has 2 aromatic heterocycles. The smallest absolute Gasteiger partial charge is 0.254 e. The second kappa shape index (κ2) is 12.1. The van der Waals surface area contributed by atoms with Gasteiger partial charge in [0.1, 0.15) is 0 Å². The Morgan fingerprint density at radius 3 is 2.67 bits per heavy atom. The zero-order valence-electron chi connectivity index (χ0n) is 23.4. The molecule has 0 saturated carbocycles. The van der Waals surface area contributed by atoms with Crippen molar-refractivity contribution in [2.75, 3.05) is 26.7 Å². The van der Waals surface area contributed by atoms with E-state index in [1.54, 1.807) is 18.6 Å². The van der Waals surface area contributed by atoms with Gasteiger partial charge in [-0.1, -0.05) is 37.1 Å². The molecule has 4 unspecified atom stereocenters. The summed E-state index contributed by atoms with van der Waals surface area (Å²) in [4.78, 5) is 23.2. The monoisotopic (exact) mass is 561 g/mol. The van der Waals surface area contributed by atoms with Crippen LogP contribution in [0.5, 0.6) is 0 Å². The average Bonchev–Trinajstić information content (AvgIpc) is 3.34. The molecule has 0 radical (unpaired) electrons. The zero-order valence-corrected chi connectivity index (χ0v) is 24.1. The molecule has 0 aliphatic carbocycles. The fourth-order valence-electron chi connectivity index (χ4n) is 7.11. The van der Waals surface area contributed by atoms with Gasteiger partial charge in [0.15, 0.2) is 0 Å². The second-order valence-electron chi connectivity index (χ2n) is 11.9. The molecule has 9 heteroatoms. The molecule has 3 fully saturated rings. The van der Waals surface area contributed by atoms with Gasteiger partial charge in [0.25, 0.3) is 5.56 Å². The first kappa shape index (κ1) is 27.5. The molecule has 6 atom stereocenters. The minimum Gasteiger partial charge on any atom is -0.312 e. The van der Waals surface area contributed by atoms with E-state index in [9.17, 15) is 4.79 Å². The number of pyridine rings is 1. The minimum absolute atomic E-state index is 0.0230. The van der Waals surface area contributed by atoms with Crippen molar-refractivity contribution in [3.05, 3.63) is 70.4 Å². The van der Waals surface area contributed by atoms with E-state index in [1.165, 1.54) is 0 Å². The van der Waals surface area contributed by atoms with Crippen LogP contribution in [0.25, 0.3) is 22.5 Å². The molecule has 6 rings (SSSR count). The van der Waals surface area contributed by atoms with E-state index in [0.29, 0.717) is 34.6 Å². The van der Waals surface area contributed by atoms with Crippen LogP contribution in [-0.4, -0.2) is 64.4 Å². The number of aromatic nitrogens is 3. The van der Waals surface area contributed by atoms with Crippen LogP contribution in [-0.2, 0) is 0 Å². The van der Waals surface area contributed by atoms with E-state index in [2.05, 4.69) is 40.0 Å². The first-order chi connectivity index (χ1) is 19.5. The van der Waals surface area contributed by atoms with Gasteiger partial charge in [0.05, 0.1) is 23.8 Å². The van der Waals surface area contributed by atoms with E-state index in [-0.39, 0.29) is 17.6 Å². The largest absolute Gasteiger partial charge is 0.312 e. The molecular formula is C31H40ClN7O. The van der Waals surface area contributed by atoms with Crippen molar-refractivity contribution < 1.29 is 0 Å². The first-order valence-electron chi connectivity index (χ1n) is 14.7. The van der Waals surface area contributed by atoms with Gasteiger partial charge in [-0.05, 0) is 74.9 Å². The molecule has 3 saturated heterocycles. The molecule has 3 aliphatic heterocycles. The number of likely N-dealkylation sites (N-methyl/N-ethyl adjacent to an activating group) is 1. The van der Waals surface area contributed by atoms with Gasteiger partial charge >= 0.3 is 0 Å². The highest BCUT2D eigenvalue weighted by Gasteiger charge is 2.41. The summed E-state index contributed by atoms with van der Waals surface area (Å²) in [5.74, 6) is 1.14. The van der Waals surface area contributed by atoms with E-state index in [4.69, 9.17) is 16.6 Å². The second-order valence-corrected chi connectivity index (χ2v) is 12.3. The average molecular weight is 562 g/mol. The van der Waals surface area contributed by atoms with Crippen molar-refractivity contribution >= 4 is 11.6 Å². The van der Waals surface area contributed by atoms with Crippen LogP contribution in [0.1, 0.15) is 45.1 Å². The Kier molecular flexibility index (Phi) is 8.32. The molecule has 212 valence electrons. The van der Waals surface area contributed by atoms with E-state index in [1.807, 2.05) is 41.0 Å². The maximum Gasteiger partial charge on any atom is 0.254 e. The number of hydrazine groups is 1. The molecule has 0 amide bonds. The molecule has 40 heavy (non-hydrogen) atoms. The first-order valence-corrected chi connectivity index (χ1v) is 15.1. The summed E-state index contributed by atoms with van der Waals surface area (Å²) in [6.45, 7) is 5.31. The van der Waals surface area contributed by atoms with Crippen molar-refractivity contribution in [2.45, 2.75) is 63.2 Å². The summed E-state index contributed by atoms with van der Waals surface area (Å²) < 4.78 is 1.89. The molecule has 3 aromatic rings. The number of fused-ring (bicyclic) bond motifs is 4. The number of hydrogen-bond acceptors (Lipinski definition) is 7. The van der Waals surface area contributed by atoms with Crippen LogP contribution < -0.4 is 21.6 Å². The number of nitrogens with zero attached hydrogens (tertiary/aromatic N) is 4. The molecule has 2 bridgehead atoms. The standard InChI is InChI=1S/C31H40ClN7O/c1-20-6-5-8-29(27-14-21(11-13-34-27)31-28(35-17-20)18-37-38(31)2)39-19-36-26(16-30(39)40)24-15-22(32)9-10-23(24)25-7-3-4-12-33-25/h3-4,7,9-10,12,15-16,19-21,27-29,31,34-35,37H,5-6,8,11,13-14,17-18H2,1-2H3/t20-,21?,27?,28?,29+,31?/m1/s1. The lowest BCUT2D eigenvalue weighted by Crippen LogP contribution is -2.54. The van der Waals surface area contributed by atoms with Crippen LogP contribution in [0.4, 0.5) is 0 Å². The van der Waals surface area contributed by atoms with Crippen LogP contribution >= 0.6 is 11.6 Å². The lowest BCUT2D eigenvalue weighted by atomic mass is 9.80. The lowest BCUT2D eigenvalue weighted by molar-refractivity contribution is 0.108. The van der Waals surface area contributed by atoms with E-state index < -0.39 is 0 Å². The van der Waals surface area contributed by atoms with Crippen LogP contribution in [0.15, 0.2) is 59.8 Å². The lowest BCUT2D eigenvalue weighted by Gasteiger charge is -2.42. The maximum absolute atomic E-state index is 13.8. The third-order valence-electron chi connectivity index (χ3n) is 9.16. The van der Waals surface area contributed by atoms with Gasteiger partial charge in [-0.15, -0.1) is 0 Å². The summed E-state index contributed by atoms with van der Waals surface area (Å²) in [5.41, 5.74) is 6.71. The Labute approximate surface area is 241 Å². The third kappa shape index (κ3) is 5.74.